The third-order valence-electron chi connectivity index (χ3n) is 4.58. The van der Waals surface area contributed by atoms with Crippen molar-refractivity contribution < 1.29 is 9.32 Å². The first kappa shape index (κ1) is 19.8. The molecule has 1 aromatic heterocycles. The summed E-state index contributed by atoms with van der Waals surface area (Å²) in [5.74, 6) is 0.934. The molecule has 0 radical (unpaired) electrons. The number of carbonyl (C=O) groups excluding carboxylic acids is 1. The van der Waals surface area contributed by atoms with Crippen molar-refractivity contribution in [3.05, 3.63) is 66.1 Å². The molecule has 1 N–H and O–H groups in total. The van der Waals surface area contributed by atoms with Crippen LogP contribution in [0.3, 0.4) is 0 Å². The molecule has 2 aromatic carbocycles. The summed E-state index contributed by atoms with van der Waals surface area (Å²) in [5, 5.41) is 6.93. The monoisotopic (exact) mass is 378 g/mol. The van der Waals surface area contributed by atoms with Crippen molar-refractivity contribution in [2.24, 2.45) is 0 Å². The standard InChI is InChI=1S/C22H26N4O2/c1-3-26(4-2)16-17-9-8-12-19(15-17)23-20(27)13-14-21-24-22(25-28-21)18-10-6-5-7-11-18/h5-12,15H,3-4,13-14,16H2,1-2H3,(H,23,27). The van der Waals surface area contributed by atoms with Gasteiger partial charge in [-0.05, 0) is 30.8 Å². The van der Waals surface area contributed by atoms with Crippen LogP contribution in [0.1, 0.15) is 31.7 Å². The van der Waals surface area contributed by atoms with Crippen LogP contribution >= 0.6 is 0 Å². The van der Waals surface area contributed by atoms with Gasteiger partial charge in [-0.25, -0.2) is 0 Å². The minimum absolute atomic E-state index is 0.0700. The number of nitrogens with zero attached hydrogens (tertiary/aromatic N) is 3. The number of amides is 1. The van der Waals surface area contributed by atoms with E-state index in [1.165, 1.54) is 5.56 Å². The Labute approximate surface area is 165 Å². The molecule has 146 valence electrons. The largest absolute Gasteiger partial charge is 0.339 e. The van der Waals surface area contributed by atoms with Gasteiger partial charge in [-0.2, -0.15) is 4.98 Å². The van der Waals surface area contributed by atoms with Crippen LogP contribution in [0, 0.1) is 0 Å². The molecule has 0 fully saturated rings. The molecule has 6 heteroatoms. The summed E-state index contributed by atoms with van der Waals surface area (Å²) < 4.78 is 5.26. The maximum Gasteiger partial charge on any atom is 0.227 e. The van der Waals surface area contributed by atoms with E-state index < -0.39 is 0 Å². The van der Waals surface area contributed by atoms with Crippen LogP contribution in [-0.2, 0) is 17.8 Å². The first-order valence-electron chi connectivity index (χ1n) is 9.67. The maximum absolute atomic E-state index is 12.3. The predicted molar refractivity (Wildman–Crippen MR) is 110 cm³/mol. The molecule has 0 spiro atoms. The number of hydrogen-bond donors (Lipinski definition) is 1. The Kier molecular flexibility index (Phi) is 6.92. The molecule has 0 bridgehead atoms. The van der Waals surface area contributed by atoms with Gasteiger partial charge in [-0.1, -0.05) is 61.5 Å². The minimum atomic E-state index is -0.0700. The molecule has 0 atom stereocenters. The van der Waals surface area contributed by atoms with Crippen LogP contribution in [-0.4, -0.2) is 34.0 Å². The van der Waals surface area contributed by atoms with E-state index in [1.54, 1.807) is 0 Å². The SMILES string of the molecule is CCN(CC)Cc1cccc(NC(=O)CCc2nc(-c3ccccc3)no2)c1. The van der Waals surface area contributed by atoms with Crippen LogP contribution in [0.5, 0.6) is 0 Å². The zero-order valence-electron chi connectivity index (χ0n) is 16.4. The molecule has 0 aliphatic rings. The van der Waals surface area contributed by atoms with Gasteiger partial charge in [0.2, 0.25) is 17.6 Å². The molecule has 0 aliphatic heterocycles. The predicted octanol–water partition coefficient (Wildman–Crippen LogP) is 4.15. The van der Waals surface area contributed by atoms with Gasteiger partial charge in [0.05, 0.1) is 0 Å². The Bertz CT molecular complexity index is 888. The molecule has 3 aromatic rings. The van der Waals surface area contributed by atoms with E-state index in [0.29, 0.717) is 18.1 Å². The molecule has 1 heterocycles. The number of rotatable bonds is 9. The highest BCUT2D eigenvalue weighted by atomic mass is 16.5. The molecule has 6 nitrogen and oxygen atoms in total. The molecular weight excluding hydrogens is 352 g/mol. The molecule has 0 aliphatic carbocycles. The summed E-state index contributed by atoms with van der Waals surface area (Å²) in [4.78, 5) is 19.0. The number of anilines is 1. The summed E-state index contributed by atoms with van der Waals surface area (Å²) in [6, 6.07) is 17.6. The second-order valence-electron chi connectivity index (χ2n) is 6.59. The summed E-state index contributed by atoms with van der Waals surface area (Å²) in [6.07, 6.45) is 0.696. The van der Waals surface area contributed by atoms with Crippen molar-refractivity contribution in [1.82, 2.24) is 15.0 Å². The van der Waals surface area contributed by atoms with E-state index in [9.17, 15) is 4.79 Å². The number of benzene rings is 2. The van der Waals surface area contributed by atoms with Crippen molar-refractivity contribution in [3.63, 3.8) is 0 Å². The van der Waals surface area contributed by atoms with Gasteiger partial charge in [0.15, 0.2) is 0 Å². The summed E-state index contributed by atoms with van der Waals surface area (Å²) in [5.41, 5.74) is 2.89. The topological polar surface area (TPSA) is 71.3 Å². The van der Waals surface area contributed by atoms with E-state index in [1.807, 2.05) is 48.5 Å². The van der Waals surface area contributed by atoms with Crippen LogP contribution in [0.15, 0.2) is 59.1 Å². The average molecular weight is 378 g/mol. The van der Waals surface area contributed by atoms with Crippen molar-refractivity contribution in [3.8, 4) is 11.4 Å². The Balaban J connectivity index is 1.53. The molecule has 28 heavy (non-hydrogen) atoms. The van der Waals surface area contributed by atoms with Crippen molar-refractivity contribution in [2.75, 3.05) is 18.4 Å². The average Bonchev–Trinajstić information content (AvgIpc) is 3.20. The van der Waals surface area contributed by atoms with E-state index in [4.69, 9.17) is 4.52 Å². The summed E-state index contributed by atoms with van der Waals surface area (Å²) in [6.45, 7) is 7.18. The fraction of sp³-hybridized carbons (Fsp3) is 0.318. The van der Waals surface area contributed by atoms with E-state index in [-0.39, 0.29) is 12.3 Å². The third kappa shape index (κ3) is 5.50. The quantitative estimate of drug-likeness (QED) is 0.606. The highest BCUT2D eigenvalue weighted by Crippen LogP contribution is 2.16. The van der Waals surface area contributed by atoms with E-state index in [0.717, 1.165) is 30.9 Å². The van der Waals surface area contributed by atoms with Gasteiger partial charge in [-0.3, -0.25) is 9.69 Å². The Morgan fingerprint density at radius 3 is 2.61 bits per heavy atom. The van der Waals surface area contributed by atoms with Gasteiger partial charge in [0, 0.05) is 30.6 Å². The molecule has 0 saturated carbocycles. The fourth-order valence-corrected chi connectivity index (χ4v) is 2.96. The van der Waals surface area contributed by atoms with Crippen molar-refractivity contribution >= 4 is 11.6 Å². The van der Waals surface area contributed by atoms with Crippen LogP contribution in [0.4, 0.5) is 5.69 Å². The van der Waals surface area contributed by atoms with Crippen molar-refractivity contribution in [2.45, 2.75) is 33.2 Å². The number of carbonyl (C=O) groups is 1. The molecule has 1 amide bonds. The summed E-state index contributed by atoms with van der Waals surface area (Å²) in [7, 11) is 0. The highest BCUT2D eigenvalue weighted by molar-refractivity contribution is 5.90. The lowest BCUT2D eigenvalue weighted by Gasteiger charge is -2.18. The Hall–Kier alpha value is -2.99. The van der Waals surface area contributed by atoms with E-state index in [2.05, 4.69) is 40.3 Å². The van der Waals surface area contributed by atoms with Crippen molar-refractivity contribution in [1.29, 1.82) is 0 Å². The first-order valence-corrected chi connectivity index (χ1v) is 9.67. The van der Waals surface area contributed by atoms with Gasteiger partial charge >= 0.3 is 0 Å². The molecule has 0 saturated heterocycles. The third-order valence-corrected chi connectivity index (χ3v) is 4.58. The van der Waals surface area contributed by atoms with Gasteiger partial charge in [0.25, 0.3) is 0 Å². The molecular formula is C22H26N4O2. The maximum atomic E-state index is 12.3. The lowest BCUT2D eigenvalue weighted by atomic mass is 10.1. The number of aryl methyl sites for hydroxylation is 1. The fourth-order valence-electron chi connectivity index (χ4n) is 2.96. The first-order chi connectivity index (χ1) is 13.7. The van der Waals surface area contributed by atoms with E-state index >= 15 is 0 Å². The zero-order chi connectivity index (χ0) is 19.8. The lowest BCUT2D eigenvalue weighted by molar-refractivity contribution is -0.116. The number of nitrogens with one attached hydrogen (secondary N) is 1. The van der Waals surface area contributed by atoms with Crippen LogP contribution in [0.25, 0.3) is 11.4 Å². The lowest BCUT2D eigenvalue weighted by Crippen LogP contribution is -2.22. The van der Waals surface area contributed by atoms with Crippen LogP contribution in [0.2, 0.25) is 0 Å². The van der Waals surface area contributed by atoms with Gasteiger partial charge < -0.3 is 9.84 Å². The van der Waals surface area contributed by atoms with Gasteiger partial charge in [-0.15, -0.1) is 0 Å². The smallest absolute Gasteiger partial charge is 0.227 e. The molecule has 3 rings (SSSR count). The summed E-state index contributed by atoms with van der Waals surface area (Å²) >= 11 is 0. The molecule has 0 unspecified atom stereocenters. The Morgan fingerprint density at radius 1 is 1.07 bits per heavy atom. The zero-order valence-corrected chi connectivity index (χ0v) is 16.4. The van der Waals surface area contributed by atoms with Crippen LogP contribution < -0.4 is 5.32 Å². The number of aromatic nitrogens is 2. The number of hydrogen-bond acceptors (Lipinski definition) is 5. The normalized spacial score (nSPS) is 11.0. The second kappa shape index (κ2) is 9.80. The van der Waals surface area contributed by atoms with Gasteiger partial charge in [0.1, 0.15) is 0 Å². The minimum Gasteiger partial charge on any atom is -0.339 e. The highest BCUT2D eigenvalue weighted by Gasteiger charge is 2.11. The second-order valence-corrected chi connectivity index (χ2v) is 6.59. The Morgan fingerprint density at radius 2 is 1.86 bits per heavy atom.